The first-order valence-electron chi connectivity index (χ1n) is 5.93. The molecule has 2 rings (SSSR count). The van der Waals surface area contributed by atoms with Gasteiger partial charge in [0.25, 0.3) is 0 Å². The van der Waals surface area contributed by atoms with E-state index in [1.807, 2.05) is 32.9 Å². The first-order chi connectivity index (χ1) is 8.63. The van der Waals surface area contributed by atoms with Crippen LogP contribution in [0.3, 0.4) is 0 Å². The van der Waals surface area contributed by atoms with E-state index in [0.717, 1.165) is 22.4 Å². The molecule has 0 atom stereocenters. The number of ether oxygens (including phenoxy) is 1. The topological polar surface area (TPSA) is 47.0 Å². The molecule has 5 heteroatoms. The van der Waals surface area contributed by atoms with Crippen molar-refractivity contribution in [2.24, 2.45) is 0 Å². The first-order valence-corrected chi connectivity index (χ1v) is 6.74. The van der Waals surface area contributed by atoms with Crippen LogP contribution in [0.5, 0.6) is 5.75 Å². The van der Waals surface area contributed by atoms with Crippen molar-refractivity contribution >= 4 is 16.5 Å². The third-order valence-electron chi connectivity index (χ3n) is 2.26. The molecule has 0 bridgehead atoms. The largest absolute Gasteiger partial charge is 0.491 e. The van der Waals surface area contributed by atoms with Gasteiger partial charge < -0.3 is 10.1 Å². The second kappa shape index (κ2) is 5.82. The molecular weight excluding hydrogens is 246 g/mol. The van der Waals surface area contributed by atoms with E-state index in [1.54, 1.807) is 11.3 Å². The molecule has 0 aliphatic rings. The minimum atomic E-state index is 0.207. The van der Waals surface area contributed by atoms with Crippen LogP contribution < -0.4 is 10.1 Å². The number of hydrogen-bond acceptors (Lipinski definition) is 5. The second-order valence-electron chi connectivity index (χ2n) is 4.29. The van der Waals surface area contributed by atoms with Crippen molar-refractivity contribution < 1.29 is 4.74 Å². The van der Waals surface area contributed by atoms with E-state index in [4.69, 9.17) is 4.74 Å². The summed E-state index contributed by atoms with van der Waals surface area (Å²) in [5.41, 5.74) is 1.19. The smallest absolute Gasteiger partial charge is 0.205 e. The minimum absolute atomic E-state index is 0.207. The van der Waals surface area contributed by atoms with Gasteiger partial charge in [0, 0.05) is 6.54 Å². The Labute approximate surface area is 111 Å². The van der Waals surface area contributed by atoms with Gasteiger partial charge in [0.2, 0.25) is 5.13 Å². The summed E-state index contributed by atoms with van der Waals surface area (Å²) in [5, 5.41) is 13.1. The van der Waals surface area contributed by atoms with Crippen LogP contribution >= 0.6 is 11.3 Å². The number of anilines is 1. The lowest BCUT2D eigenvalue weighted by Crippen LogP contribution is -2.05. The summed E-state index contributed by atoms with van der Waals surface area (Å²) in [5.74, 6) is 0.903. The van der Waals surface area contributed by atoms with Gasteiger partial charge in [-0.05, 0) is 38.5 Å². The maximum absolute atomic E-state index is 5.59. The molecule has 0 amide bonds. The zero-order valence-electron chi connectivity index (χ0n) is 10.8. The molecule has 0 saturated carbocycles. The highest BCUT2D eigenvalue weighted by molar-refractivity contribution is 7.15. The Kier molecular flexibility index (Phi) is 4.15. The van der Waals surface area contributed by atoms with Gasteiger partial charge in [0.05, 0.1) is 6.10 Å². The summed E-state index contributed by atoms with van der Waals surface area (Å²) in [6.07, 6.45) is 0.207. The second-order valence-corrected chi connectivity index (χ2v) is 5.47. The molecule has 96 valence electrons. The molecule has 0 unspecified atom stereocenters. The van der Waals surface area contributed by atoms with Crippen LogP contribution in [0, 0.1) is 6.92 Å². The lowest BCUT2D eigenvalue weighted by atomic mass is 10.2. The summed E-state index contributed by atoms with van der Waals surface area (Å²) in [6.45, 7) is 6.73. The molecule has 1 aromatic heterocycles. The summed E-state index contributed by atoms with van der Waals surface area (Å²) in [7, 11) is 0. The highest BCUT2D eigenvalue weighted by Crippen LogP contribution is 2.17. The molecule has 1 aromatic carbocycles. The van der Waals surface area contributed by atoms with E-state index >= 15 is 0 Å². The Bertz CT molecular complexity index is 493. The van der Waals surface area contributed by atoms with E-state index < -0.39 is 0 Å². The Morgan fingerprint density at radius 2 is 1.94 bits per heavy atom. The minimum Gasteiger partial charge on any atom is -0.491 e. The van der Waals surface area contributed by atoms with Gasteiger partial charge in [-0.25, -0.2) is 0 Å². The fourth-order valence-electron chi connectivity index (χ4n) is 1.50. The summed E-state index contributed by atoms with van der Waals surface area (Å²) >= 11 is 1.56. The van der Waals surface area contributed by atoms with Gasteiger partial charge in [-0.15, -0.1) is 10.2 Å². The van der Waals surface area contributed by atoms with Crippen LogP contribution in [0.2, 0.25) is 0 Å². The lowest BCUT2D eigenvalue weighted by Gasteiger charge is -2.10. The third kappa shape index (κ3) is 3.70. The summed E-state index contributed by atoms with van der Waals surface area (Å²) in [4.78, 5) is 0. The van der Waals surface area contributed by atoms with Crippen molar-refractivity contribution in [3.05, 3.63) is 34.8 Å². The number of aromatic nitrogens is 2. The molecule has 1 heterocycles. The van der Waals surface area contributed by atoms with Gasteiger partial charge >= 0.3 is 0 Å². The molecule has 0 saturated heterocycles. The van der Waals surface area contributed by atoms with Crippen LogP contribution in [-0.2, 0) is 6.54 Å². The molecule has 0 spiro atoms. The molecule has 0 aliphatic carbocycles. The lowest BCUT2D eigenvalue weighted by molar-refractivity contribution is 0.242. The maximum Gasteiger partial charge on any atom is 0.205 e. The molecule has 0 aliphatic heterocycles. The van der Waals surface area contributed by atoms with Crippen molar-refractivity contribution in [1.29, 1.82) is 0 Å². The SMILES string of the molecule is Cc1nnc(NCc2ccc(OC(C)C)cc2)s1. The number of aryl methyl sites for hydroxylation is 1. The van der Waals surface area contributed by atoms with Crippen molar-refractivity contribution in [3.63, 3.8) is 0 Å². The fraction of sp³-hybridized carbons (Fsp3) is 0.385. The predicted molar refractivity (Wildman–Crippen MR) is 74.2 cm³/mol. The van der Waals surface area contributed by atoms with Crippen LogP contribution in [0.1, 0.15) is 24.4 Å². The summed E-state index contributed by atoms with van der Waals surface area (Å²) in [6, 6.07) is 8.09. The zero-order valence-corrected chi connectivity index (χ0v) is 11.6. The Morgan fingerprint density at radius 1 is 1.22 bits per heavy atom. The van der Waals surface area contributed by atoms with Crippen molar-refractivity contribution in [2.45, 2.75) is 33.4 Å². The normalized spacial score (nSPS) is 10.7. The van der Waals surface area contributed by atoms with Crippen molar-refractivity contribution in [3.8, 4) is 5.75 Å². The van der Waals surface area contributed by atoms with Gasteiger partial charge in [0.1, 0.15) is 10.8 Å². The van der Waals surface area contributed by atoms with E-state index in [9.17, 15) is 0 Å². The van der Waals surface area contributed by atoms with E-state index in [2.05, 4.69) is 27.6 Å². The Morgan fingerprint density at radius 3 is 2.50 bits per heavy atom. The van der Waals surface area contributed by atoms with Crippen LogP contribution in [0.15, 0.2) is 24.3 Å². The van der Waals surface area contributed by atoms with Gasteiger partial charge in [-0.1, -0.05) is 23.5 Å². The van der Waals surface area contributed by atoms with Gasteiger partial charge in [-0.2, -0.15) is 0 Å². The average Bonchev–Trinajstić information content (AvgIpc) is 2.74. The zero-order chi connectivity index (χ0) is 13.0. The molecule has 2 aromatic rings. The van der Waals surface area contributed by atoms with Crippen LogP contribution in [0.25, 0.3) is 0 Å². The molecule has 4 nitrogen and oxygen atoms in total. The highest BCUT2D eigenvalue weighted by atomic mass is 32.1. The highest BCUT2D eigenvalue weighted by Gasteiger charge is 2.01. The van der Waals surface area contributed by atoms with Crippen molar-refractivity contribution in [2.75, 3.05) is 5.32 Å². The predicted octanol–water partition coefficient (Wildman–Crippen LogP) is 3.25. The van der Waals surface area contributed by atoms with Crippen molar-refractivity contribution in [1.82, 2.24) is 10.2 Å². The Balaban J connectivity index is 1.90. The van der Waals surface area contributed by atoms with Crippen LogP contribution in [-0.4, -0.2) is 16.3 Å². The third-order valence-corrected chi connectivity index (χ3v) is 3.06. The van der Waals surface area contributed by atoms with E-state index in [1.165, 1.54) is 5.56 Å². The summed E-state index contributed by atoms with van der Waals surface area (Å²) < 4.78 is 5.59. The number of rotatable bonds is 5. The molecule has 0 fully saturated rings. The van der Waals surface area contributed by atoms with E-state index in [0.29, 0.717) is 0 Å². The van der Waals surface area contributed by atoms with Gasteiger partial charge in [0.15, 0.2) is 0 Å². The average molecular weight is 263 g/mol. The number of nitrogens with zero attached hydrogens (tertiary/aromatic N) is 2. The molecular formula is C13H17N3OS. The number of hydrogen-bond donors (Lipinski definition) is 1. The standard InChI is InChI=1S/C13H17N3OS/c1-9(2)17-12-6-4-11(5-7-12)8-14-13-16-15-10(3)18-13/h4-7,9H,8H2,1-3H3,(H,14,16). The first kappa shape index (κ1) is 12.8. The number of benzene rings is 1. The molecule has 0 radical (unpaired) electrons. The number of nitrogens with one attached hydrogen (secondary N) is 1. The quantitative estimate of drug-likeness (QED) is 0.899. The fourth-order valence-corrected chi connectivity index (χ4v) is 2.09. The van der Waals surface area contributed by atoms with E-state index in [-0.39, 0.29) is 6.10 Å². The monoisotopic (exact) mass is 263 g/mol. The van der Waals surface area contributed by atoms with Crippen LogP contribution in [0.4, 0.5) is 5.13 Å². The van der Waals surface area contributed by atoms with Gasteiger partial charge in [-0.3, -0.25) is 0 Å². The Hall–Kier alpha value is -1.62. The molecule has 18 heavy (non-hydrogen) atoms. The maximum atomic E-state index is 5.59. The molecule has 1 N–H and O–H groups in total.